The smallest absolute Gasteiger partial charge is 0.360 e. The summed E-state index contributed by atoms with van der Waals surface area (Å²) >= 11 is 0. The number of likely N-dealkylation sites (N-methyl/N-ethyl adjacent to an activating group) is 1. The number of carbonyl (C=O) groups is 2. The quantitative estimate of drug-likeness (QED) is 0.772. The van der Waals surface area contributed by atoms with Gasteiger partial charge in [-0.1, -0.05) is 23.4 Å². The van der Waals surface area contributed by atoms with E-state index in [1.165, 1.54) is 18.0 Å². The van der Waals surface area contributed by atoms with Gasteiger partial charge in [-0.15, -0.1) is 5.10 Å². The first-order valence-corrected chi connectivity index (χ1v) is 8.06. The number of aromatic nitrogens is 3. The van der Waals surface area contributed by atoms with E-state index in [0.29, 0.717) is 6.54 Å². The van der Waals surface area contributed by atoms with Gasteiger partial charge in [0, 0.05) is 31.9 Å². The molecule has 0 radical (unpaired) electrons. The Hall–Kier alpha value is -2.90. The van der Waals surface area contributed by atoms with Crippen molar-refractivity contribution < 1.29 is 14.3 Å². The molecule has 0 bridgehead atoms. The number of methoxy groups -OCH3 is 1. The lowest BCUT2D eigenvalue weighted by Crippen LogP contribution is -2.43. The molecule has 0 saturated heterocycles. The summed E-state index contributed by atoms with van der Waals surface area (Å²) in [7, 11) is 3.31. The number of hydrogen-bond donors (Lipinski definition) is 0. The molecule has 1 amide bonds. The molecule has 0 spiro atoms. The first-order valence-electron chi connectivity index (χ1n) is 8.06. The summed E-state index contributed by atoms with van der Waals surface area (Å²) in [6, 6.07) is 8.13. The largest absolute Gasteiger partial charge is 0.464 e. The molecule has 132 valence electrons. The molecule has 2 heterocycles. The molecule has 1 atom stereocenters. The summed E-state index contributed by atoms with van der Waals surface area (Å²) in [6.07, 6.45) is 1.42. The fraction of sp³-hybridized carbons (Fsp3) is 0.412. The van der Waals surface area contributed by atoms with Gasteiger partial charge in [-0.3, -0.25) is 4.79 Å². The molecule has 2 aromatic rings. The van der Waals surface area contributed by atoms with Crippen molar-refractivity contribution in [3.05, 3.63) is 41.7 Å². The molecular formula is C17H21N5O3. The molecule has 1 unspecified atom stereocenters. The molecule has 8 nitrogen and oxygen atoms in total. The van der Waals surface area contributed by atoms with E-state index < -0.39 is 5.97 Å². The lowest BCUT2D eigenvalue weighted by atomic mass is 10.1. The van der Waals surface area contributed by atoms with E-state index in [2.05, 4.69) is 26.0 Å². The number of ether oxygens (including phenoxy) is 1. The molecule has 0 aliphatic carbocycles. The minimum Gasteiger partial charge on any atom is -0.464 e. The standard InChI is InChI=1S/C17H21N5O3/c1-12-8-20(2)15-7-5-4-6-13(15)9-22(12)16(23)11-21-10-14(18-19-21)17(24)25-3/h4-7,10,12H,8-9,11H2,1-3H3. The van der Waals surface area contributed by atoms with Crippen molar-refractivity contribution >= 4 is 17.6 Å². The van der Waals surface area contributed by atoms with Crippen LogP contribution in [-0.2, 0) is 22.6 Å². The van der Waals surface area contributed by atoms with Gasteiger partial charge in [0.1, 0.15) is 6.54 Å². The molecule has 0 fully saturated rings. The van der Waals surface area contributed by atoms with Gasteiger partial charge in [-0.2, -0.15) is 0 Å². The van der Waals surface area contributed by atoms with E-state index in [1.807, 2.05) is 37.1 Å². The van der Waals surface area contributed by atoms with Gasteiger partial charge in [-0.25, -0.2) is 9.48 Å². The average Bonchev–Trinajstić information content (AvgIpc) is 3.02. The van der Waals surface area contributed by atoms with Gasteiger partial charge < -0.3 is 14.5 Å². The zero-order chi connectivity index (χ0) is 18.0. The van der Waals surface area contributed by atoms with Gasteiger partial charge in [0.05, 0.1) is 13.3 Å². The van der Waals surface area contributed by atoms with E-state index in [-0.39, 0.29) is 24.2 Å². The van der Waals surface area contributed by atoms with Crippen LogP contribution < -0.4 is 4.90 Å². The Bertz CT molecular complexity index is 788. The summed E-state index contributed by atoms with van der Waals surface area (Å²) in [5.41, 5.74) is 2.33. The summed E-state index contributed by atoms with van der Waals surface area (Å²) in [5.74, 6) is -0.642. The van der Waals surface area contributed by atoms with Crippen LogP contribution in [0.1, 0.15) is 23.0 Å². The van der Waals surface area contributed by atoms with Crippen molar-refractivity contribution in [2.75, 3.05) is 25.6 Å². The number of anilines is 1. The monoisotopic (exact) mass is 343 g/mol. The molecule has 3 rings (SSSR count). The van der Waals surface area contributed by atoms with E-state index in [9.17, 15) is 9.59 Å². The number of amides is 1. The maximum absolute atomic E-state index is 12.8. The van der Waals surface area contributed by atoms with Crippen LogP contribution in [0.2, 0.25) is 0 Å². The Morgan fingerprint density at radius 3 is 2.84 bits per heavy atom. The number of nitrogens with zero attached hydrogens (tertiary/aromatic N) is 5. The van der Waals surface area contributed by atoms with Gasteiger partial charge >= 0.3 is 5.97 Å². The first kappa shape index (κ1) is 16.9. The molecule has 8 heteroatoms. The predicted octanol–water partition coefficient (Wildman–Crippen LogP) is 0.932. The summed E-state index contributed by atoms with van der Waals surface area (Å²) in [6.45, 7) is 3.34. The van der Waals surface area contributed by atoms with Crippen LogP contribution in [0.25, 0.3) is 0 Å². The molecule has 1 aromatic carbocycles. The Morgan fingerprint density at radius 2 is 2.08 bits per heavy atom. The molecule has 1 aromatic heterocycles. The normalized spacial score (nSPS) is 17.0. The van der Waals surface area contributed by atoms with E-state index in [4.69, 9.17) is 0 Å². The topological polar surface area (TPSA) is 80.6 Å². The number of rotatable bonds is 3. The van der Waals surface area contributed by atoms with Crippen molar-refractivity contribution in [3.63, 3.8) is 0 Å². The Labute approximate surface area is 146 Å². The summed E-state index contributed by atoms with van der Waals surface area (Å²) in [5, 5.41) is 7.57. The highest BCUT2D eigenvalue weighted by molar-refractivity contribution is 5.86. The molecule has 1 aliphatic heterocycles. The zero-order valence-corrected chi connectivity index (χ0v) is 14.5. The van der Waals surface area contributed by atoms with E-state index in [1.54, 1.807) is 0 Å². The third kappa shape index (κ3) is 3.47. The number of benzene rings is 1. The minimum absolute atomic E-state index is 0.0280. The number of esters is 1. The molecule has 0 N–H and O–H groups in total. The van der Waals surface area contributed by atoms with Crippen LogP contribution in [0.15, 0.2) is 30.5 Å². The van der Waals surface area contributed by atoms with Gasteiger partial charge in [0.15, 0.2) is 5.69 Å². The van der Waals surface area contributed by atoms with Gasteiger partial charge in [0.25, 0.3) is 0 Å². The second-order valence-corrected chi connectivity index (χ2v) is 6.17. The van der Waals surface area contributed by atoms with Gasteiger partial charge in [-0.05, 0) is 18.6 Å². The molecular weight excluding hydrogens is 322 g/mol. The fourth-order valence-electron chi connectivity index (χ4n) is 3.09. The Balaban J connectivity index is 1.77. The Kier molecular flexibility index (Phi) is 4.69. The summed E-state index contributed by atoms with van der Waals surface area (Å²) in [4.78, 5) is 28.2. The lowest BCUT2D eigenvalue weighted by molar-refractivity contribution is -0.134. The maximum Gasteiger partial charge on any atom is 0.360 e. The lowest BCUT2D eigenvalue weighted by Gasteiger charge is -2.28. The third-order valence-corrected chi connectivity index (χ3v) is 4.36. The van der Waals surface area contributed by atoms with Crippen molar-refractivity contribution in [2.24, 2.45) is 0 Å². The average molecular weight is 343 g/mol. The zero-order valence-electron chi connectivity index (χ0n) is 14.5. The van der Waals surface area contributed by atoms with Crippen LogP contribution in [-0.4, -0.2) is 58.5 Å². The van der Waals surface area contributed by atoms with Crippen LogP contribution >= 0.6 is 0 Å². The van der Waals surface area contributed by atoms with E-state index >= 15 is 0 Å². The third-order valence-electron chi connectivity index (χ3n) is 4.36. The van der Waals surface area contributed by atoms with Crippen molar-refractivity contribution in [2.45, 2.75) is 26.1 Å². The SMILES string of the molecule is COC(=O)c1cn(CC(=O)N2Cc3ccccc3N(C)CC2C)nn1. The number of para-hydroxylation sites is 1. The first-order chi connectivity index (χ1) is 12.0. The maximum atomic E-state index is 12.8. The fourth-order valence-corrected chi connectivity index (χ4v) is 3.09. The van der Waals surface area contributed by atoms with Crippen molar-refractivity contribution in [1.29, 1.82) is 0 Å². The van der Waals surface area contributed by atoms with Crippen molar-refractivity contribution in [3.8, 4) is 0 Å². The van der Waals surface area contributed by atoms with Crippen molar-refractivity contribution in [1.82, 2.24) is 19.9 Å². The highest BCUT2D eigenvalue weighted by atomic mass is 16.5. The predicted molar refractivity (Wildman–Crippen MR) is 91.1 cm³/mol. The molecule has 1 aliphatic rings. The highest BCUT2D eigenvalue weighted by Gasteiger charge is 2.27. The number of fused-ring (bicyclic) bond motifs is 1. The molecule has 25 heavy (non-hydrogen) atoms. The van der Waals surface area contributed by atoms with E-state index in [0.717, 1.165) is 17.8 Å². The minimum atomic E-state index is -0.572. The van der Waals surface area contributed by atoms with Crippen LogP contribution in [0.5, 0.6) is 0 Å². The second-order valence-electron chi connectivity index (χ2n) is 6.17. The number of hydrogen-bond acceptors (Lipinski definition) is 6. The Morgan fingerprint density at radius 1 is 1.32 bits per heavy atom. The van der Waals surface area contributed by atoms with Crippen LogP contribution in [0.3, 0.4) is 0 Å². The number of carbonyl (C=O) groups excluding carboxylic acids is 2. The van der Waals surface area contributed by atoms with Crippen LogP contribution in [0, 0.1) is 0 Å². The van der Waals surface area contributed by atoms with Gasteiger partial charge in [0.2, 0.25) is 5.91 Å². The second kappa shape index (κ2) is 6.92. The van der Waals surface area contributed by atoms with Crippen LogP contribution in [0.4, 0.5) is 5.69 Å². The molecule has 0 saturated carbocycles. The summed E-state index contributed by atoms with van der Waals surface area (Å²) < 4.78 is 5.96. The highest BCUT2D eigenvalue weighted by Crippen LogP contribution is 2.26.